The lowest BCUT2D eigenvalue weighted by Crippen LogP contribution is -2.60. The smallest absolute Gasteiger partial charge is 0.243 e. The first kappa shape index (κ1) is 42.4. The Kier molecular flexibility index (Phi) is 16.7. The topological polar surface area (TPSA) is 244 Å². The molecule has 4 rings (SSSR count). The van der Waals surface area contributed by atoms with Gasteiger partial charge in [-0.1, -0.05) is 76.6 Å². The molecular weight excluding hydrogens is 682 g/mol. The number of hydrogen-bond donors (Lipinski definition) is 8. The van der Waals surface area contributed by atoms with Crippen molar-refractivity contribution >= 4 is 35.4 Å². The average molecular weight is 738 g/mol. The van der Waals surface area contributed by atoms with Crippen LogP contribution in [0.1, 0.15) is 64.5 Å². The van der Waals surface area contributed by atoms with E-state index in [0.717, 1.165) is 11.1 Å². The molecule has 2 aromatic rings. The second-order valence-electron chi connectivity index (χ2n) is 13.9. The molecule has 2 aliphatic heterocycles. The third kappa shape index (κ3) is 13.8. The number of aliphatic hydroxyl groups excluding tert-OH is 1. The lowest BCUT2D eigenvalue weighted by molar-refractivity contribution is -0.133. The maximum absolute atomic E-state index is 14.0. The van der Waals surface area contributed by atoms with Gasteiger partial charge < -0.3 is 47.9 Å². The zero-order valence-corrected chi connectivity index (χ0v) is 30.9. The minimum absolute atomic E-state index is 0.0461. The second-order valence-corrected chi connectivity index (χ2v) is 13.9. The number of primary amides is 2. The Hall–Kier alpha value is -5.02. The highest BCUT2D eigenvalue weighted by atomic mass is 16.5. The van der Waals surface area contributed by atoms with Gasteiger partial charge in [-0.3, -0.25) is 28.8 Å². The Morgan fingerprint density at radius 2 is 1.58 bits per heavy atom. The second kappa shape index (κ2) is 20.9. The van der Waals surface area contributed by atoms with Crippen molar-refractivity contribution in [1.29, 1.82) is 0 Å². The van der Waals surface area contributed by atoms with Gasteiger partial charge in [0.2, 0.25) is 35.4 Å². The predicted molar refractivity (Wildman–Crippen MR) is 198 cm³/mol. The molecule has 0 unspecified atom stereocenters. The molecule has 0 aliphatic carbocycles. The van der Waals surface area contributed by atoms with Crippen molar-refractivity contribution < 1.29 is 38.6 Å². The van der Waals surface area contributed by atoms with Crippen molar-refractivity contribution in [3.63, 3.8) is 0 Å². The Morgan fingerprint density at radius 1 is 0.925 bits per heavy atom. The highest BCUT2D eigenvalue weighted by Gasteiger charge is 2.34. The summed E-state index contributed by atoms with van der Waals surface area (Å²) in [5.41, 5.74) is 12.5. The van der Waals surface area contributed by atoms with Crippen LogP contribution < -0.4 is 42.8 Å². The number of benzene rings is 2. The maximum Gasteiger partial charge on any atom is 0.243 e. The Morgan fingerprint density at radius 3 is 2.19 bits per heavy atom. The first-order valence-electron chi connectivity index (χ1n) is 18.1. The minimum Gasteiger partial charge on any atom is -0.494 e. The number of nitrogens with one attached hydrogen (secondary N) is 5. The summed E-state index contributed by atoms with van der Waals surface area (Å²) in [5, 5.41) is 25.6. The number of aliphatic hydroxyl groups is 1. The molecule has 2 heterocycles. The molecule has 290 valence electrons. The van der Waals surface area contributed by atoms with E-state index in [1.807, 2.05) is 44.2 Å². The van der Waals surface area contributed by atoms with E-state index in [0.29, 0.717) is 18.6 Å². The summed E-state index contributed by atoms with van der Waals surface area (Å²) in [7, 11) is 0. The summed E-state index contributed by atoms with van der Waals surface area (Å²) in [6.07, 6.45) is -0.433. The van der Waals surface area contributed by atoms with Crippen LogP contribution in [0, 0.1) is 11.8 Å². The number of carbonyl (C=O) groups is 6. The third-order valence-corrected chi connectivity index (χ3v) is 9.28. The summed E-state index contributed by atoms with van der Waals surface area (Å²) in [6.45, 7) is 7.28. The van der Waals surface area contributed by atoms with Crippen molar-refractivity contribution in [3.05, 3.63) is 65.7 Å². The van der Waals surface area contributed by atoms with E-state index in [-0.39, 0.29) is 44.2 Å². The van der Waals surface area contributed by atoms with E-state index in [1.165, 1.54) is 0 Å². The molecule has 15 nitrogen and oxygen atoms in total. The molecule has 6 amide bonds. The highest BCUT2D eigenvalue weighted by molar-refractivity contribution is 5.93. The van der Waals surface area contributed by atoms with Crippen LogP contribution in [0.4, 0.5) is 0 Å². The van der Waals surface area contributed by atoms with Crippen molar-refractivity contribution in [3.8, 4) is 5.75 Å². The third-order valence-electron chi connectivity index (χ3n) is 9.28. The molecular formula is C38H55N7O8. The lowest BCUT2D eigenvalue weighted by Gasteiger charge is -2.30. The summed E-state index contributed by atoms with van der Waals surface area (Å²) in [5.74, 6) is -3.72. The highest BCUT2D eigenvalue weighted by Crippen LogP contribution is 2.17. The van der Waals surface area contributed by atoms with Gasteiger partial charge >= 0.3 is 0 Å². The fourth-order valence-corrected chi connectivity index (χ4v) is 5.92. The number of rotatable bonds is 16. The quantitative estimate of drug-likeness (QED) is 0.115. The van der Waals surface area contributed by atoms with Crippen molar-refractivity contribution in [2.75, 3.05) is 13.2 Å². The molecule has 0 saturated carbocycles. The Balaban J connectivity index is 1.88. The summed E-state index contributed by atoms with van der Waals surface area (Å²) in [4.78, 5) is 77.5. The van der Waals surface area contributed by atoms with Crippen molar-refractivity contribution in [2.45, 2.75) is 103 Å². The molecule has 15 heteroatoms. The number of amides is 6. The van der Waals surface area contributed by atoms with Crippen molar-refractivity contribution in [1.82, 2.24) is 26.6 Å². The van der Waals surface area contributed by atoms with Gasteiger partial charge in [-0.15, -0.1) is 0 Å². The molecule has 2 aliphatic rings. The fourth-order valence-electron chi connectivity index (χ4n) is 5.92. The van der Waals surface area contributed by atoms with Crippen molar-refractivity contribution in [2.24, 2.45) is 23.3 Å². The van der Waals surface area contributed by atoms with Crippen LogP contribution in [-0.4, -0.2) is 90.0 Å². The normalized spacial score (nSPS) is 19.5. The van der Waals surface area contributed by atoms with Crippen LogP contribution >= 0.6 is 0 Å². The van der Waals surface area contributed by atoms with Gasteiger partial charge in [-0.05, 0) is 54.4 Å². The summed E-state index contributed by atoms with van der Waals surface area (Å²) < 4.78 is 5.73. The van der Waals surface area contributed by atoms with Crippen LogP contribution in [0.15, 0.2) is 54.6 Å². The first-order valence-corrected chi connectivity index (χ1v) is 18.1. The number of ether oxygens (including phenoxy) is 1. The number of carbonyl (C=O) groups excluding carboxylic acids is 6. The molecule has 0 saturated heterocycles. The van der Waals surface area contributed by atoms with Gasteiger partial charge in [-0.2, -0.15) is 0 Å². The van der Waals surface area contributed by atoms with E-state index < -0.39 is 78.2 Å². The molecule has 2 bridgehead atoms. The van der Waals surface area contributed by atoms with Crippen LogP contribution in [0.2, 0.25) is 0 Å². The maximum atomic E-state index is 14.0. The molecule has 0 radical (unpaired) electrons. The molecule has 0 aromatic heterocycles. The summed E-state index contributed by atoms with van der Waals surface area (Å²) >= 11 is 0. The standard InChI is InChI=1S/C38H55N7O8/c1-5-23(4)34(38(52)44-33(22(2)3)35(40)49)45-36(50)28(19-24-10-7-6-8-11-24)41-21-30(46)27-18-25-13-15-26(16-14-25)53-17-9-12-32(48)42-29(20-31(39)47)37(51)43-27/h6-8,10-11,13-16,22-23,27-30,33-34,41,46H,5,9,12,17-21H2,1-4H3,(H2,39,47)(H2,40,49)(H,42,48)(H,43,51)(H,44,52)(H,45,50)/t23-,27-,28-,29-,30-,33-,34-/m0/s1. The van der Waals surface area contributed by atoms with Gasteiger partial charge in [0, 0.05) is 13.0 Å². The van der Waals surface area contributed by atoms with Gasteiger partial charge in [0.25, 0.3) is 0 Å². The largest absolute Gasteiger partial charge is 0.494 e. The van der Waals surface area contributed by atoms with E-state index in [2.05, 4.69) is 26.6 Å². The van der Waals surface area contributed by atoms with Crippen LogP contribution in [0.3, 0.4) is 0 Å². The molecule has 2 aromatic carbocycles. The van der Waals surface area contributed by atoms with E-state index in [9.17, 15) is 33.9 Å². The van der Waals surface area contributed by atoms with Gasteiger partial charge in [0.15, 0.2) is 0 Å². The Bertz CT molecular complexity index is 1540. The van der Waals surface area contributed by atoms with E-state index >= 15 is 0 Å². The number of fused-ring (bicyclic) bond motifs is 12. The fraction of sp³-hybridized carbons (Fsp3) is 0.526. The molecule has 0 spiro atoms. The van der Waals surface area contributed by atoms with Gasteiger partial charge in [0.05, 0.1) is 31.2 Å². The van der Waals surface area contributed by atoms with Gasteiger partial charge in [0.1, 0.15) is 23.9 Å². The van der Waals surface area contributed by atoms with Crippen LogP contribution in [0.25, 0.3) is 0 Å². The molecule has 7 atom stereocenters. The average Bonchev–Trinajstić information content (AvgIpc) is 3.12. The van der Waals surface area contributed by atoms with Crippen LogP contribution in [0.5, 0.6) is 5.75 Å². The zero-order valence-electron chi connectivity index (χ0n) is 30.9. The lowest BCUT2D eigenvalue weighted by atomic mass is 9.95. The Labute approximate surface area is 310 Å². The van der Waals surface area contributed by atoms with E-state index in [4.69, 9.17) is 16.2 Å². The van der Waals surface area contributed by atoms with E-state index in [1.54, 1.807) is 38.1 Å². The minimum atomic E-state index is -1.28. The summed E-state index contributed by atoms with van der Waals surface area (Å²) in [6, 6.07) is 11.2. The first-order chi connectivity index (χ1) is 25.2. The number of hydrogen-bond acceptors (Lipinski definition) is 9. The monoisotopic (exact) mass is 737 g/mol. The zero-order chi connectivity index (χ0) is 39.1. The SMILES string of the molecule is CC[C@H](C)[C@H](NC(=O)[C@H](Cc1ccccc1)NC[C@H](O)[C@@H]1Cc2ccc(cc2)OCCCC(=O)N[C@@H](CC(N)=O)C(=O)N1)C(=O)N[C@H](C(N)=O)C(C)C. The molecule has 0 fully saturated rings. The number of nitrogens with two attached hydrogens (primary N) is 2. The van der Waals surface area contributed by atoms with Gasteiger partial charge in [-0.25, -0.2) is 0 Å². The molecule has 53 heavy (non-hydrogen) atoms. The predicted octanol–water partition coefficient (Wildman–Crippen LogP) is -0.0345. The van der Waals surface area contributed by atoms with Crippen LogP contribution in [-0.2, 0) is 41.6 Å². The molecule has 10 N–H and O–H groups in total.